The molecule has 1 amide bonds. The summed E-state index contributed by atoms with van der Waals surface area (Å²) in [5, 5.41) is 7.19. The standard InChI is InChI=1S/C14H24N4O/c1-10(2)18-9-13(8-16-18)17-14(19)12-5-3-11(7-15)4-6-12/h8-12H,3-7,15H2,1-2H3,(H,17,19). The van der Waals surface area contributed by atoms with E-state index in [2.05, 4.69) is 24.3 Å². The zero-order valence-electron chi connectivity index (χ0n) is 11.8. The first kappa shape index (κ1) is 14.1. The van der Waals surface area contributed by atoms with Crippen LogP contribution in [0.2, 0.25) is 0 Å². The van der Waals surface area contributed by atoms with Crippen molar-refractivity contribution in [2.75, 3.05) is 11.9 Å². The Labute approximate surface area is 114 Å². The summed E-state index contributed by atoms with van der Waals surface area (Å²) in [6.45, 7) is 4.87. The van der Waals surface area contributed by atoms with E-state index in [0.717, 1.165) is 37.9 Å². The Morgan fingerprint density at radius 3 is 2.68 bits per heavy atom. The lowest BCUT2D eigenvalue weighted by Gasteiger charge is -2.26. The number of hydrogen-bond acceptors (Lipinski definition) is 3. The van der Waals surface area contributed by atoms with Crippen LogP contribution in [0.1, 0.15) is 45.6 Å². The lowest BCUT2D eigenvalue weighted by atomic mass is 9.81. The Morgan fingerprint density at radius 2 is 2.16 bits per heavy atom. The van der Waals surface area contributed by atoms with Crippen LogP contribution in [-0.2, 0) is 4.79 Å². The molecule has 106 valence electrons. The molecule has 1 saturated carbocycles. The van der Waals surface area contributed by atoms with Gasteiger partial charge in [0.25, 0.3) is 0 Å². The average Bonchev–Trinajstić information content (AvgIpc) is 2.87. The third kappa shape index (κ3) is 3.56. The van der Waals surface area contributed by atoms with Crippen LogP contribution in [0.25, 0.3) is 0 Å². The van der Waals surface area contributed by atoms with Gasteiger partial charge in [-0.2, -0.15) is 5.10 Å². The zero-order valence-corrected chi connectivity index (χ0v) is 11.8. The van der Waals surface area contributed by atoms with Crippen LogP contribution in [0.5, 0.6) is 0 Å². The predicted molar refractivity (Wildman–Crippen MR) is 75.7 cm³/mol. The van der Waals surface area contributed by atoms with Crippen molar-refractivity contribution >= 4 is 11.6 Å². The highest BCUT2D eigenvalue weighted by atomic mass is 16.1. The van der Waals surface area contributed by atoms with E-state index in [4.69, 9.17) is 5.73 Å². The van der Waals surface area contributed by atoms with Crippen molar-refractivity contribution in [3.63, 3.8) is 0 Å². The van der Waals surface area contributed by atoms with Crippen LogP contribution in [0.4, 0.5) is 5.69 Å². The summed E-state index contributed by atoms with van der Waals surface area (Å²) in [4.78, 5) is 12.2. The summed E-state index contributed by atoms with van der Waals surface area (Å²) in [7, 11) is 0. The minimum absolute atomic E-state index is 0.124. The Morgan fingerprint density at radius 1 is 1.47 bits per heavy atom. The van der Waals surface area contributed by atoms with Crippen LogP contribution >= 0.6 is 0 Å². The van der Waals surface area contributed by atoms with Crippen LogP contribution in [0, 0.1) is 11.8 Å². The van der Waals surface area contributed by atoms with Gasteiger partial charge in [-0.25, -0.2) is 0 Å². The normalized spacial score (nSPS) is 23.6. The van der Waals surface area contributed by atoms with Crippen molar-refractivity contribution in [3.8, 4) is 0 Å². The number of nitrogens with one attached hydrogen (secondary N) is 1. The maximum absolute atomic E-state index is 12.2. The largest absolute Gasteiger partial charge is 0.330 e. The summed E-state index contributed by atoms with van der Waals surface area (Å²) in [6, 6.07) is 0.311. The van der Waals surface area contributed by atoms with Gasteiger partial charge in [0.05, 0.1) is 11.9 Å². The molecule has 1 aromatic heterocycles. The molecule has 0 atom stereocenters. The number of carbonyl (C=O) groups excluding carboxylic acids is 1. The van der Waals surface area contributed by atoms with Gasteiger partial charge in [-0.15, -0.1) is 0 Å². The highest BCUT2D eigenvalue weighted by Crippen LogP contribution is 2.29. The molecule has 1 fully saturated rings. The van der Waals surface area contributed by atoms with E-state index in [1.54, 1.807) is 6.20 Å². The van der Waals surface area contributed by atoms with Gasteiger partial charge in [-0.3, -0.25) is 9.48 Å². The second-order valence-corrected chi connectivity index (χ2v) is 5.75. The number of carbonyl (C=O) groups is 1. The maximum Gasteiger partial charge on any atom is 0.227 e. The molecule has 0 aliphatic heterocycles. The lowest BCUT2D eigenvalue weighted by molar-refractivity contribution is -0.121. The quantitative estimate of drug-likeness (QED) is 0.875. The van der Waals surface area contributed by atoms with Gasteiger partial charge in [-0.05, 0) is 52.0 Å². The summed E-state index contributed by atoms with van der Waals surface area (Å²) in [6.07, 6.45) is 7.63. The first-order chi connectivity index (χ1) is 9.10. The summed E-state index contributed by atoms with van der Waals surface area (Å²) >= 11 is 0. The zero-order chi connectivity index (χ0) is 13.8. The SMILES string of the molecule is CC(C)n1cc(NC(=O)C2CCC(CN)CC2)cn1. The second kappa shape index (κ2) is 6.19. The smallest absolute Gasteiger partial charge is 0.227 e. The first-order valence-corrected chi connectivity index (χ1v) is 7.15. The van der Waals surface area contributed by atoms with Gasteiger partial charge in [0.15, 0.2) is 0 Å². The van der Waals surface area contributed by atoms with Crippen molar-refractivity contribution in [3.05, 3.63) is 12.4 Å². The molecule has 5 heteroatoms. The molecule has 0 bridgehead atoms. The molecule has 0 spiro atoms. The van der Waals surface area contributed by atoms with Crippen LogP contribution < -0.4 is 11.1 Å². The molecule has 1 aliphatic carbocycles. The predicted octanol–water partition coefficient (Wildman–Crippen LogP) is 2.17. The molecule has 0 aromatic carbocycles. The first-order valence-electron chi connectivity index (χ1n) is 7.15. The number of rotatable bonds is 4. The number of anilines is 1. The van der Waals surface area contributed by atoms with E-state index in [1.807, 2.05) is 10.9 Å². The van der Waals surface area contributed by atoms with Gasteiger partial charge < -0.3 is 11.1 Å². The van der Waals surface area contributed by atoms with Gasteiger partial charge in [0.1, 0.15) is 0 Å². The Balaban J connectivity index is 1.87. The fourth-order valence-electron chi connectivity index (χ4n) is 2.59. The molecule has 0 radical (unpaired) electrons. The maximum atomic E-state index is 12.2. The van der Waals surface area contributed by atoms with Crippen molar-refractivity contribution < 1.29 is 4.79 Å². The lowest BCUT2D eigenvalue weighted by Crippen LogP contribution is -2.29. The highest BCUT2D eigenvalue weighted by molar-refractivity contribution is 5.92. The molecule has 1 aliphatic rings. The number of amides is 1. The van der Waals surface area contributed by atoms with Gasteiger partial charge >= 0.3 is 0 Å². The summed E-state index contributed by atoms with van der Waals surface area (Å²) in [5.74, 6) is 0.858. The van der Waals surface area contributed by atoms with E-state index < -0.39 is 0 Å². The highest BCUT2D eigenvalue weighted by Gasteiger charge is 2.25. The summed E-state index contributed by atoms with van der Waals surface area (Å²) in [5.41, 5.74) is 6.46. The minimum atomic E-state index is 0.124. The molecule has 5 nitrogen and oxygen atoms in total. The molecule has 1 heterocycles. The molecular weight excluding hydrogens is 240 g/mol. The fourth-order valence-corrected chi connectivity index (χ4v) is 2.59. The van der Waals surface area contributed by atoms with E-state index in [1.165, 1.54) is 0 Å². The number of nitrogens with zero attached hydrogens (tertiary/aromatic N) is 2. The van der Waals surface area contributed by atoms with Crippen molar-refractivity contribution in [1.82, 2.24) is 9.78 Å². The Bertz CT molecular complexity index is 419. The number of aromatic nitrogens is 2. The molecule has 1 aromatic rings. The number of hydrogen-bond donors (Lipinski definition) is 2. The van der Waals surface area contributed by atoms with Crippen molar-refractivity contribution in [1.29, 1.82) is 0 Å². The molecule has 19 heavy (non-hydrogen) atoms. The second-order valence-electron chi connectivity index (χ2n) is 5.75. The third-order valence-corrected chi connectivity index (χ3v) is 3.95. The monoisotopic (exact) mass is 264 g/mol. The third-order valence-electron chi connectivity index (χ3n) is 3.95. The van der Waals surface area contributed by atoms with Gasteiger partial charge in [0.2, 0.25) is 5.91 Å². The molecule has 2 rings (SSSR count). The van der Waals surface area contributed by atoms with Crippen LogP contribution in [0.15, 0.2) is 12.4 Å². The molecule has 0 unspecified atom stereocenters. The van der Waals surface area contributed by atoms with E-state index >= 15 is 0 Å². The van der Waals surface area contributed by atoms with Crippen molar-refractivity contribution in [2.24, 2.45) is 17.6 Å². The number of nitrogens with two attached hydrogens (primary N) is 1. The Kier molecular flexibility index (Phi) is 4.58. The minimum Gasteiger partial charge on any atom is -0.330 e. The summed E-state index contributed by atoms with van der Waals surface area (Å²) < 4.78 is 1.85. The van der Waals surface area contributed by atoms with E-state index in [-0.39, 0.29) is 11.8 Å². The van der Waals surface area contributed by atoms with Crippen molar-refractivity contribution in [2.45, 2.75) is 45.6 Å². The molecule has 0 saturated heterocycles. The van der Waals surface area contributed by atoms with Crippen LogP contribution in [0.3, 0.4) is 0 Å². The van der Waals surface area contributed by atoms with Gasteiger partial charge in [-0.1, -0.05) is 0 Å². The molecule has 3 N–H and O–H groups in total. The topological polar surface area (TPSA) is 72.9 Å². The average molecular weight is 264 g/mol. The van der Waals surface area contributed by atoms with Gasteiger partial charge in [0, 0.05) is 18.2 Å². The fraction of sp³-hybridized carbons (Fsp3) is 0.714. The van der Waals surface area contributed by atoms with E-state index in [9.17, 15) is 4.79 Å². The van der Waals surface area contributed by atoms with Crippen LogP contribution in [-0.4, -0.2) is 22.2 Å². The molecular formula is C14H24N4O. The Hall–Kier alpha value is -1.36. The van der Waals surface area contributed by atoms with E-state index in [0.29, 0.717) is 12.0 Å².